The van der Waals surface area contributed by atoms with Crippen LogP contribution in [-0.4, -0.2) is 207 Å². The molecule has 0 radical (unpaired) electrons. The van der Waals surface area contributed by atoms with Crippen molar-refractivity contribution in [3.8, 4) is 0 Å². The van der Waals surface area contributed by atoms with E-state index >= 15 is 0 Å². The summed E-state index contributed by atoms with van der Waals surface area (Å²) >= 11 is 0. The average molecular weight is 1280 g/mol. The Morgan fingerprint density at radius 1 is 0.804 bits per heavy atom. The maximum absolute atomic E-state index is 14.7. The number of methoxy groups -OCH3 is 2. The molecule has 6 heterocycles. The summed E-state index contributed by atoms with van der Waals surface area (Å²) in [7, 11) is 4.69. The number of nitrogens with zero attached hydrogens (tertiary/aromatic N) is 8. The summed E-state index contributed by atoms with van der Waals surface area (Å²) in [5.41, 5.74) is 9.12. The number of nitrogens with one attached hydrogen (secondary N) is 1. The Morgan fingerprint density at radius 2 is 1.47 bits per heavy atom. The number of hydrogen-bond donors (Lipinski definition) is 5. The summed E-state index contributed by atoms with van der Waals surface area (Å²) in [6.45, 7) is 15.2. The van der Waals surface area contributed by atoms with Crippen LogP contribution in [0.15, 0.2) is 72.4 Å². The number of cyclic esters (lactones) is 1. The highest BCUT2D eigenvalue weighted by Crippen LogP contribution is 2.38. The molecule has 3 amide bonds. The number of rotatable bonds is 12. The van der Waals surface area contributed by atoms with Crippen molar-refractivity contribution >= 4 is 53.1 Å². The van der Waals surface area contributed by atoms with E-state index in [-0.39, 0.29) is 55.7 Å². The number of aliphatic hydroxyl groups excluding tert-OH is 2. The first-order valence-corrected chi connectivity index (χ1v) is 32.6. The molecule has 15 atom stereocenters. The SMILES string of the molecule is CCNC(=O)c1cnc(N2CCN(c3ncc(CN(C)C(=O)O[C@@H]4CC[C@@H](C[C@@H](N)[C@@H]5CC(=O)[C@H](C)/C=C(\C)[C@@H](O)[C@@H](O)C(=O)[C@H](C)C[C@H](C)/C=C/C=C/C=C(\C)[C@@H](OC)C[C@@H]6CC[C@@H](C)[C@@](O)(O6)C(=O)C(=O)N6CCCC[C@H]6C(=O)O5)C[C@H]4OC)cn3)CC2)nc1. The number of piperazine rings is 1. The van der Waals surface area contributed by atoms with Crippen LogP contribution in [0.2, 0.25) is 0 Å². The number of aliphatic hydroxyl groups is 3. The number of ether oxygens (including phenoxy) is 5. The van der Waals surface area contributed by atoms with Crippen LogP contribution in [0.25, 0.3) is 0 Å². The predicted molar refractivity (Wildman–Crippen MR) is 341 cm³/mol. The summed E-state index contributed by atoms with van der Waals surface area (Å²) < 4.78 is 30.3. The monoisotopic (exact) mass is 1280 g/mol. The van der Waals surface area contributed by atoms with Crippen molar-refractivity contribution in [1.82, 2.24) is 35.1 Å². The van der Waals surface area contributed by atoms with E-state index in [4.69, 9.17) is 29.4 Å². The van der Waals surface area contributed by atoms with E-state index in [1.165, 1.54) is 37.4 Å². The maximum atomic E-state index is 14.7. The number of piperidine rings is 1. The first-order valence-electron chi connectivity index (χ1n) is 32.6. The molecule has 4 fully saturated rings. The van der Waals surface area contributed by atoms with Crippen molar-refractivity contribution in [3.63, 3.8) is 0 Å². The van der Waals surface area contributed by atoms with Gasteiger partial charge in [0.15, 0.2) is 5.78 Å². The van der Waals surface area contributed by atoms with Crippen LogP contribution in [0, 0.1) is 29.6 Å². The van der Waals surface area contributed by atoms with E-state index in [2.05, 4.69) is 25.3 Å². The Labute approximate surface area is 540 Å². The van der Waals surface area contributed by atoms with Crippen LogP contribution in [0.4, 0.5) is 16.7 Å². The number of carbonyl (C=O) groups is 7. The minimum atomic E-state index is -2.50. The maximum Gasteiger partial charge on any atom is 0.410 e. The van der Waals surface area contributed by atoms with Gasteiger partial charge in [-0.25, -0.2) is 29.5 Å². The number of Topliss-reactive ketones (excluding diaryl/α,β-unsaturated/α-hetero) is 3. The molecule has 0 aromatic carbocycles. The Bertz CT molecular complexity index is 2970. The molecule has 2 aromatic heterocycles. The standard InChI is InChI=1S/C67H98N10O15/c1-11-69-61(83)48-37-72-65(73-38-48)76-27-25-75(26-28-76)64-70-35-47(36-71-64)39-74(8)66(86)91-53-23-21-46(32-56(53)89-10)31-50(68)55-34-52(78)42(4)30-44(6)58(80)59(81)57(79)43(5)29-40(2)17-13-12-14-18-41(3)54(88-9)33-49-22-20-45(7)67(87,92-49)60(82)62(84)77-24-16-15-19-51(77)63(85)90-55/h12-14,17-18,30,35-38,40,42-43,45-46,49-51,53-56,58-59,80-81,87H,11,15-16,19-29,31-34,39,68H2,1-10H3,(H,69,83)/b14-12+,17-13+,41-18+,44-30+/t40-,42-,43-,45-,46+,49+,50-,51+,53-,54+,55+,56-,58-,59+,67-/m1/s1. The van der Waals surface area contributed by atoms with Gasteiger partial charge in [0.05, 0.1) is 30.4 Å². The third-order valence-corrected chi connectivity index (χ3v) is 18.7. The lowest BCUT2D eigenvalue weighted by Crippen LogP contribution is -2.61. The molecular formula is C67H98N10O15. The summed E-state index contributed by atoms with van der Waals surface area (Å²) in [6.07, 6.45) is 13.3. The summed E-state index contributed by atoms with van der Waals surface area (Å²) in [4.78, 5) is 122. The van der Waals surface area contributed by atoms with Crippen molar-refractivity contribution in [2.24, 2.45) is 35.3 Å². The molecular weight excluding hydrogens is 1180 g/mol. The Kier molecular flexibility index (Phi) is 26.7. The van der Waals surface area contributed by atoms with Crippen LogP contribution in [0.5, 0.6) is 0 Å². The van der Waals surface area contributed by atoms with Gasteiger partial charge in [-0.1, -0.05) is 64.2 Å². The molecule has 5 aliphatic rings. The highest BCUT2D eigenvalue weighted by molar-refractivity contribution is 6.39. The zero-order chi connectivity index (χ0) is 67.0. The molecule has 25 nitrogen and oxygen atoms in total. The molecule has 3 saturated heterocycles. The number of hydrogen-bond acceptors (Lipinski definition) is 22. The summed E-state index contributed by atoms with van der Waals surface area (Å²) in [5.74, 6) is -8.40. The number of esters is 1. The smallest absolute Gasteiger partial charge is 0.410 e. The van der Waals surface area contributed by atoms with Gasteiger partial charge in [-0.3, -0.25) is 24.0 Å². The van der Waals surface area contributed by atoms with Gasteiger partial charge in [0, 0.05) is 128 Å². The third-order valence-electron chi connectivity index (χ3n) is 18.7. The van der Waals surface area contributed by atoms with Gasteiger partial charge in [0.2, 0.25) is 17.7 Å². The number of ketones is 3. The number of carbonyl (C=O) groups excluding carboxylic acids is 7. The van der Waals surface area contributed by atoms with Gasteiger partial charge < -0.3 is 69.7 Å². The van der Waals surface area contributed by atoms with Gasteiger partial charge in [-0.15, -0.1) is 0 Å². The Balaban J connectivity index is 1.02. The number of amides is 3. The molecule has 1 aliphatic carbocycles. The lowest BCUT2D eigenvalue weighted by Gasteiger charge is -2.42. The fourth-order valence-electron chi connectivity index (χ4n) is 12.9. The second-order valence-corrected chi connectivity index (χ2v) is 25.8. The van der Waals surface area contributed by atoms with Gasteiger partial charge in [-0.05, 0) is 108 Å². The lowest BCUT2D eigenvalue weighted by molar-refractivity contribution is -0.265. The zero-order valence-electron chi connectivity index (χ0n) is 55.2. The minimum Gasteiger partial charge on any atom is -0.459 e. The number of fused-ring (bicyclic) bond motifs is 3. The summed E-state index contributed by atoms with van der Waals surface area (Å²) in [5, 5.41) is 37.3. The van der Waals surface area contributed by atoms with Crippen LogP contribution in [0.1, 0.15) is 141 Å². The summed E-state index contributed by atoms with van der Waals surface area (Å²) in [6, 6.07) is -2.24. The highest BCUT2D eigenvalue weighted by atomic mass is 16.6. The van der Waals surface area contributed by atoms with Gasteiger partial charge in [0.1, 0.15) is 36.2 Å². The normalized spacial score (nSPS) is 32.8. The Morgan fingerprint density at radius 3 is 2.11 bits per heavy atom. The number of allylic oxidation sites excluding steroid dienone is 6. The van der Waals surface area contributed by atoms with E-state index in [1.807, 2.05) is 61.0 Å². The zero-order valence-corrected chi connectivity index (χ0v) is 55.2. The fraction of sp³-hybridized carbons (Fsp3) is 0.657. The van der Waals surface area contributed by atoms with Gasteiger partial charge in [0.25, 0.3) is 17.6 Å². The molecule has 7 rings (SSSR count). The molecule has 2 bridgehead atoms. The van der Waals surface area contributed by atoms with Crippen molar-refractivity contribution in [2.45, 2.75) is 193 Å². The quantitative estimate of drug-likeness (QED) is 0.104. The molecule has 92 heavy (non-hydrogen) atoms. The second-order valence-electron chi connectivity index (χ2n) is 25.8. The van der Waals surface area contributed by atoms with Crippen LogP contribution in [0.3, 0.4) is 0 Å². The first-order chi connectivity index (χ1) is 43.8. The lowest BCUT2D eigenvalue weighted by atomic mass is 9.80. The van der Waals surface area contributed by atoms with E-state index in [0.717, 1.165) is 10.5 Å². The van der Waals surface area contributed by atoms with Gasteiger partial charge >= 0.3 is 12.1 Å². The largest absolute Gasteiger partial charge is 0.459 e. The van der Waals surface area contributed by atoms with E-state index in [1.54, 1.807) is 47.3 Å². The third kappa shape index (κ3) is 18.9. The Hall–Kier alpha value is -6.87. The van der Waals surface area contributed by atoms with Crippen LogP contribution in [-0.2, 0) is 54.2 Å². The first kappa shape index (κ1) is 72.6. The topological polar surface area (TPSA) is 329 Å². The average Bonchev–Trinajstić information content (AvgIpc) is 0.854. The number of nitrogens with two attached hydrogens (primary N) is 1. The molecule has 2 aromatic rings. The molecule has 0 unspecified atom stereocenters. The number of aromatic nitrogens is 4. The molecule has 506 valence electrons. The van der Waals surface area contributed by atoms with E-state index in [9.17, 15) is 48.9 Å². The molecule has 25 heteroatoms. The van der Waals surface area contributed by atoms with Crippen LogP contribution >= 0.6 is 0 Å². The predicted octanol–water partition coefficient (Wildman–Crippen LogP) is 5.15. The fourth-order valence-corrected chi connectivity index (χ4v) is 12.9. The van der Waals surface area contributed by atoms with E-state index in [0.29, 0.717) is 107 Å². The molecule has 0 spiro atoms. The number of anilines is 2. The van der Waals surface area contributed by atoms with Crippen molar-refractivity contribution < 1.29 is 72.6 Å². The van der Waals surface area contributed by atoms with Crippen molar-refractivity contribution in [2.75, 3.05) is 70.3 Å². The highest BCUT2D eigenvalue weighted by Gasteiger charge is 2.53. The van der Waals surface area contributed by atoms with Crippen molar-refractivity contribution in [3.05, 3.63) is 83.5 Å². The van der Waals surface area contributed by atoms with E-state index < -0.39 is 120 Å². The van der Waals surface area contributed by atoms with Crippen molar-refractivity contribution in [1.29, 1.82) is 0 Å². The minimum absolute atomic E-state index is 0.00297. The van der Waals surface area contributed by atoms with Gasteiger partial charge in [-0.2, -0.15) is 0 Å². The molecule has 6 N–H and O–H groups in total. The second kappa shape index (κ2) is 33.8. The molecule has 1 saturated carbocycles. The van der Waals surface area contributed by atoms with Crippen LogP contribution < -0.4 is 20.9 Å². The molecule has 4 aliphatic heterocycles.